The lowest BCUT2D eigenvalue weighted by Crippen LogP contribution is -2.31. The van der Waals surface area contributed by atoms with Crippen molar-refractivity contribution in [1.82, 2.24) is 0 Å². The number of alkyl halides is 3. The predicted octanol–water partition coefficient (Wildman–Crippen LogP) is 5.62. The Morgan fingerprint density at radius 2 is 1.82 bits per heavy atom. The number of halogens is 3. The summed E-state index contributed by atoms with van der Waals surface area (Å²) in [5.41, 5.74) is -1.99. The van der Waals surface area contributed by atoms with Gasteiger partial charge in [-0.1, -0.05) is 36.0 Å². The van der Waals surface area contributed by atoms with Crippen molar-refractivity contribution in [2.24, 2.45) is 4.99 Å². The van der Waals surface area contributed by atoms with Crippen LogP contribution in [0, 0.1) is 0 Å². The number of anilines is 2. The van der Waals surface area contributed by atoms with Crippen LogP contribution in [-0.2, 0) is 16.1 Å². The van der Waals surface area contributed by atoms with E-state index in [2.05, 4.69) is 15.0 Å². The highest BCUT2D eigenvalue weighted by Gasteiger charge is 2.41. The summed E-state index contributed by atoms with van der Waals surface area (Å²) in [4.78, 5) is 31.7. The molecule has 2 aliphatic rings. The molecule has 0 aliphatic carbocycles. The summed E-state index contributed by atoms with van der Waals surface area (Å²) in [5, 5.41) is 2.94. The van der Waals surface area contributed by atoms with Gasteiger partial charge in [0, 0.05) is 23.7 Å². The molecule has 2 aliphatic heterocycles. The summed E-state index contributed by atoms with van der Waals surface area (Å²) in [6.45, 7) is 0.464. The van der Waals surface area contributed by atoms with Gasteiger partial charge >= 0.3 is 5.57 Å². The number of hydrogen-bond donors (Lipinski definition) is 1. The molecule has 0 saturated carbocycles. The number of carbonyl (C=O) groups excluding carboxylic acids is 2. The first kappa shape index (κ1) is 25.8. The molecule has 0 bridgehead atoms. The van der Waals surface area contributed by atoms with Crippen LogP contribution in [-0.4, -0.2) is 34.6 Å². The van der Waals surface area contributed by atoms with Crippen LogP contribution in [0.4, 0.5) is 20.2 Å². The van der Waals surface area contributed by atoms with Crippen molar-refractivity contribution in [2.45, 2.75) is 23.8 Å². The maximum atomic E-state index is 13.2. The highest BCUT2D eigenvalue weighted by atomic mass is 35.5. The average Bonchev–Trinajstić information content (AvgIpc) is 3.46. The van der Waals surface area contributed by atoms with Crippen LogP contribution in [0.1, 0.15) is 12.0 Å². The van der Waals surface area contributed by atoms with Crippen molar-refractivity contribution >= 4 is 51.7 Å². The van der Waals surface area contributed by atoms with Crippen molar-refractivity contribution in [2.75, 3.05) is 17.0 Å². The summed E-state index contributed by atoms with van der Waals surface area (Å²) in [5.74, 6) is 0.242. The number of benzene rings is 3. The maximum Gasteiger partial charge on any atom is 0.487 e. The van der Waals surface area contributed by atoms with Crippen LogP contribution >= 0.6 is 23.4 Å². The van der Waals surface area contributed by atoms with Crippen molar-refractivity contribution in [3.63, 3.8) is 0 Å². The molecule has 2 heterocycles. The topological polar surface area (TPSA) is 89.5 Å². The van der Waals surface area contributed by atoms with E-state index >= 15 is 0 Å². The lowest BCUT2D eigenvalue weighted by atomic mass is 10.2. The summed E-state index contributed by atoms with van der Waals surface area (Å²) >= 11 is 5.93. The molecule has 0 aromatic heterocycles. The zero-order valence-corrected chi connectivity index (χ0v) is 21.2. The van der Waals surface area contributed by atoms with Crippen LogP contribution in [0.5, 0.6) is 17.2 Å². The molecule has 1 saturated heterocycles. The van der Waals surface area contributed by atoms with Gasteiger partial charge in [0.05, 0.1) is 12.2 Å². The third-order valence-corrected chi connectivity index (χ3v) is 6.74. The number of amides is 2. The first-order valence-corrected chi connectivity index (χ1v) is 12.7. The standard InChI is InChI=1S/C26H20ClF2N3O5S/c27-26(28,29)37-19-9-7-18(8-10-19)32-23(33)13-22(24(32)34)38-25(31-17-4-2-1-3-5-17)30-14-16-6-11-20-21(12-16)36-15-35-20/h1-12,22H,13-15H2,(H,30,31). The largest absolute Gasteiger partial charge is 0.487 e. The SMILES string of the molecule is O=C1CC(SC(=NCc2ccc3c(c2)OCO3)Nc2ccccc2)C(=O)N1c1ccc(OC(F)(F)Cl)cc1. The molecule has 0 radical (unpaired) electrons. The molecule has 196 valence electrons. The van der Waals surface area contributed by atoms with Crippen LogP contribution in [0.3, 0.4) is 0 Å². The van der Waals surface area contributed by atoms with E-state index in [-0.39, 0.29) is 24.7 Å². The smallest absolute Gasteiger partial charge is 0.454 e. The van der Waals surface area contributed by atoms with E-state index in [9.17, 15) is 18.4 Å². The maximum absolute atomic E-state index is 13.2. The van der Waals surface area contributed by atoms with Crippen molar-refractivity contribution in [3.8, 4) is 17.2 Å². The number of fused-ring (bicyclic) bond motifs is 1. The van der Waals surface area contributed by atoms with E-state index < -0.39 is 22.6 Å². The number of carbonyl (C=O) groups is 2. The van der Waals surface area contributed by atoms with Crippen LogP contribution in [0.2, 0.25) is 0 Å². The zero-order chi connectivity index (χ0) is 26.7. The minimum Gasteiger partial charge on any atom is -0.454 e. The van der Waals surface area contributed by atoms with E-state index in [0.29, 0.717) is 23.2 Å². The van der Waals surface area contributed by atoms with Crippen LogP contribution in [0.15, 0.2) is 77.8 Å². The molecule has 1 fully saturated rings. The van der Waals surface area contributed by atoms with Gasteiger partial charge in [0.25, 0.3) is 0 Å². The normalized spacial score (nSPS) is 17.2. The third-order valence-electron chi connectivity index (χ3n) is 5.55. The first-order valence-electron chi connectivity index (χ1n) is 11.4. The quantitative estimate of drug-likeness (QED) is 0.174. The minimum atomic E-state index is -3.87. The van der Waals surface area contributed by atoms with Gasteiger partial charge in [-0.25, -0.2) is 4.90 Å². The second kappa shape index (κ2) is 10.9. The number of nitrogens with zero attached hydrogens (tertiary/aromatic N) is 2. The summed E-state index contributed by atoms with van der Waals surface area (Å²) < 4.78 is 40.8. The zero-order valence-electron chi connectivity index (χ0n) is 19.6. The molecule has 5 rings (SSSR count). The molecule has 8 nitrogen and oxygen atoms in total. The Kier molecular flexibility index (Phi) is 7.39. The Morgan fingerprint density at radius 1 is 1.08 bits per heavy atom. The second-order valence-electron chi connectivity index (χ2n) is 8.22. The van der Waals surface area contributed by atoms with Crippen LogP contribution in [0.25, 0.3) is 0 Å². The fourth-order valence-corrected chi connectivity index (χ4v) is 4.96. The van der Waals surface area contributed by atoms with Gasteiger partial charge in [-0.3, -0.25) is 14.6 Å². The van der Waals surface area contributed by atoms with Gasteiger partial charge in [0.1, 0.15) is 11.0 Å². The number of amidine groups is 1. The molecule has 2 amide bonds. The predicted molar refractivity (Wildman–Crippen MR) is 140 cm³/mol. The molecule has 0 spiro atoms. The summed E-state index contributed by atoms with van der Waals surface area (Å²) in [7, 11) is 0. The lowest BCUT2D eigenvalue weighted by Gasteiger charge is -2.17. The van der Waals surface area contributed by atoms with Gasteiger partial charge in [0.15, 0.2) is 16.7 Å². The summed E-state index contributed by atoms with van der Waals surface area (Å²) in [6.07, 6.45) is -0.0545. The lowest BCUT2D eigenvalue weighted by molar-refractivity contribution is -0.121. The Hall–Kier alpha value is -3.83. The molecule has 38 heavy (non-hydrogen) atoms. The molecule has 1 unspecified atom stereocenters. The number of nitrogens with one attached hydrogen (secondary N) is 1. The number of imide groups is 1. The van der Waals surface area contributed by atoms with Crippen molar-refractivity contribution in [1.29, 1.82) is 0 Å². The molecular weight excluding hydrogens is 540 g/mol. The Labute approximate surface area is 225 Å². The molecule has 3 aromatic rings. The number of para-hydroxylation sites is 1. The number of aliphatic imine (C=N–C) groups is 1. The first-order chi connectivity index (χ1) is 18.2. The Morgan fingerprint density at radius 3 is 2.55 bits per heavy atom. The molecule has 1 N–H and O–H groups in total. The fraction of sp³-hybridized carbons (Fsp3) is 0.192. The van der Waals surface area contributed by atoms with Crippen molar-refractivity contribution in [3.05, 3.63) is 78.4 Å². The summed E-state index contributed by atoms with van der Waals surface area (Å²) in [6, 6.07) is 20.0. The minimum absolute atomic E-state index is 0.0545. The van der Waals surface area contributed by atoms with Crippen LogP contribution < -0.4 is 24.4 Å². The number of ether oxygens (including phenoxy) is 3. The van der Waals surface area contributed by atoms with Gasteiger partial charge in [-0.05, 0) is 54.1 Å². The molecule has 1 atom stereocenters. The van der Waals surface area contributed by atoms with E-state index in [0.717, 1.165) is 27.9 Å². The highest BCUT2D eigenvalue weighted by Crippen LogP contribution is 2.34. The van der Waals surface area contributed by atoms with Gasteiger partial charge < -0.3 is 19.5 Å². The molecule has 3 aromatic carbocycles. The van der Waals surface area contributed by atoms with Crippen molar-refractivity contribution < 1.29 is 32.6 Å². The highest BCUT2D eigenvalue weighted by molar-refractivity contribution is 8.15. The Balaban J connectivity index is 1.32. The molecular formula is C26H20ClF2N3O5S. The van der Waals surface area contributed by atoms with E-state index in [1.165, 1.54) is 24.3 Å². The van der Waals surface area contributed by atoms with Gasteiger partial charge in [-0.15, -0.1) is 8.78 Å². The second-order valence-corrected chi connectivity index (χ2v) is 9.85. The van der Waals surface area contributed by atoms with E-state index in [1.807, 2.05) is 48.5 Å². The van der Waals surface area contributed by atoms with Gasteiger partial charge in [0.2, 0.25) is 18.6 Å². The number of hydrogen-bond acceptors (Lipinski definition) is 7. The molecule has 12 heteroatoms. The Bertz CT molecular complexity index is 1370. The monoisotopic (exact) mass is 559 g/mol. The average molecular weight is 560 g/mol. The third kappa shape index (κ3) is 6.17. The number of thioether (sulfide) groups is 1. The number of rotatable bonds is 7. The van der Waals surface area contributed by atoms with E-state index in [1.54, 1.807) is 0 Å². The van der Waals surface area contributed by atoms with E-state index in [4.69, 9.17) is 21.1 Å². The fourth-order valence-electron chi connectivity index (χ4n) is 3.85. The van der Waals surface area contributed by atoms with Gasteiger partial charge in [-0.2, -0.15) is 0 Å².